The summed E-state index contributed by atoms with van der Waals surface area (Å²) in [6.07, 6.45) is 0.557. The molecule has 0 saturated heterocycles. The summed E-state index contributed by atoms with van der Waals surface area (Å²) >= 11 is 0. The van der Waals surface area contributed by atoms with Crippen molar-refractivity contribution in [3.05, 3.63) is 35.4 Å². The molecule has 1 nitrogen and oxygen atoms in total. The topological polar surface area (TPSA) is 20.2 Å². The van der Waals surface area contributed by atoms with Gasteiger partial charge in [-0.2, -0.15) is 0 Å². The van der Waals surface area contributed by atoms with Crippen LogP contribution in [-0.4, -0.2) is 11.2 Å². The Balaban J connectivity index is 2.86. The second-order valence-electron chi connectivity index (χ2n) is 4.80. The summed E-state index contributed by atoms with van der Waals surface area (Å²) in [5, 5.41) is 9.40. The second kappa shape index (κ2) is 4.14. The van der Waals surface area contributed by atoms with Crippen LogP contribution < -0.4 is 0 Å². The Morgan fingerprint density at radius 1 is 1.21 bits per heavy atom. The van der Waals surface area contributed by atoms with E-state index in [-0.39, 0.29) is 11.5 Å². The van der Waals surface area contributed by atoms with Gasteiger partial charge in [0.15, 0.2) is 0 Å². The molecule has 0 spiro atoms. The van der Waals surface area contributed by atoms with Crippen molar-refractivity contribution >= 4 is 0 Å². The number of hydrogen-bond donors (Lipinski definition) is 1. The summed E-state index contributed by atoms with van der Waals surface area (Å²) in [4.78, 5) is 0. The van der Waals surface area contributed by atoms with Crippen molar-refractivity contribution < 1.29 is 5.11 Å². The molecule has 1 N–H and O–H groups in total. The van der Waals surface area contributed by atoms with Crippen LogP contribution in [0.2, 0.25) is 0 Å². The molecule has 14 heavy (non-hydrogen) atoms. The second-order valence-corrected chi connectivity index (χ2v) is 4.80. The zero-order valence-corrected chi connectivity index (χ0v) is 9.54. The third kappa shape index (κ3) is 2.85. The van der Waals surface area contributed by atoms with E-state index in [1.807, 2.05) is 6.92 Å². The van der Waals surface area contributed by atoms with E-state index in [1.54, 1.807) is 0 Å². The lowest BCUT2D eigenvalue weighted by Crippen LogP contribution is -2.22. The predicted molar refractivity (Wildman–Crippen MR) is 60.5 cm³/mol. The molecule has 0 aliphatic carbocycles. The van der Waals surface area contributed by atoms with Crippen molar-refractivity contribution in [3.63, 3.8) is 0 Å². The van der Waals surface area contributed by atoms with Gasteiger partial charge in [0.05, 0.1) is 6.10 Å². The lowest BCUT2D eigenvalue weighted by molar-refractivity contribution is 0.157. The fourth-order valence-electron chi connectivity index (χ4n) is 1.86. The van der Waals surface area contributed by atoms with Gasteiger partial charge in [-0.1, -0.05) is 43.7 Å². The maximum Gasteiger partial charge on any atom is 0.0520 e. The van der Waals surface area contributed by atoms with Crippen LogP contribution in [0.1, 0.15) is 38.3 Å². The monoisotopic (exact) mass is 192 g/mol. The van der Waals surface area contributed by atoms with Gasteiger partial charge in [0.1, 0.15) is 0 Å². The van der Waals surface area contributed by atoms with Gasteiger partial charge in [-0.15, -0.1) is 0 Å². The molecule has 0 saturated carbocycles. The van der Waals surface area contributed by atoms with Gasteiger partial charge in [-0.05, 0) is 31.2 Å². The molecule has 0 aliphatic rings. The van der Waals surface area contributed by atoms with E-state index in [0.717, 1.165) is 6.42 Å². The maximum atomic E-state index is 9.40. The molecule has 1 aromatic carbocycles. The van der Waals surface area contributed by atoms with Crippen molar-refractivity contribution in [2.75, 3.05) is 0 Å². The van der Waals surface area contributed by atoms with E-state index in [9.17, 15) is 5.11 Å². The lowest BCUT2D eigenvalue weighted by atomic mass is 9.80. The molecule has 0 bridgehead atoms. The van der Waals surface area contributed by atoms with Crippen molar-refractivity contribution in [2.24, 2.45) is 0 Å². The number of rotatable bonds is 3. The van der Waals surface area contributed by atoms with E-state index in [1.165, 1.54) is 11.1 Å². The van der Waals surface area contributed by atoms with E-state index in [0.29, 0.717) is 0 Å². The largest absolute Gasteiger partial charge is 0.393 e. The minimum Gasteiger partial charge on any atom is -0.393 e. The van der Waals surface area contributed by atoms with Crippen molar-refractivity contribution in [3.8, 4) is 0 Å². The van der Waals surface area contributed by atoms with E-state index >= 15 is 0 Å². The first-order valence-corrected chi connectivity index (χ1v) is 5.17. The Labute approximate surface area is 86.8 Å². The average molecular weight is 192 g/mol. The molecule has 0 heterocycles. The Morgan fingerprint density at radius 2 is 1.71 bits per heavy atom. The molecule has 1 atom stereocenters. The van der Waals surface area contributed by atoms with Crippen molar-refractivity contribution in [1.29, 1.82) is 0 Å². The van der Waals surface area contributed by atoms with Gasteiger partial charge in [0, 0.05) is 0 Å². The molecule has 0 amide bonds. The Morgan fingerprint density at radius 3 is 2.14 bits per heavy atom. The summed E-state index contributed by atoms with van der Waals surface area (Å²) in [6, 6.07) is 8.55. The number of aliphatic hydroxyl groups is 1. The van der Waals surface area contributed by atoms with Crippen molar-refractivity contribution in [1.82, 2.24) is 0 Å². The maximum absolute atomic E-state index is 9.40. The summed E-state index contributed by atoms with van der Waals surface area (Å²) in [5.74, 6) is 0. The first kappa shape index (κ1) is 11.3. The zero-order valence-electron chi connectivity index (χ0n) is 9.54. The third-order valence-electron chi connectivity index (χ3n) is 2.64. The van der Waals surface area contributed by atoms with Crippen LogP contribution in [0.3, 0.4) is 0 Å². The minimum atomic E-state index is -0.244. The molecule has 0 aromatic heterocycles. The summed E-state index contributed by atoms with van der Waals surface area (Å²) in [5.41, 5.74) is 2.63. The first-order chi connectivity index (χ1) is 6.42. The Hall–Kier alpha value is -0.820. The third-order valence-corrected chi connectivity index (χ3v) is 2.64. The number of aryl methyl sites for hydroxylation is 1. The highest BCUT2D eigenvalue weighted by molar-refractivity contribution is 5.27. The van der Waals surface area contributed by atoms with Gasteiger partial charge >= 0.3 is 0 Å². The molecule has 0 unspecified atom stereocenters. The van der Waals surface area contributed by atoms with E-state index in [4.69, 9.17) is 0 Å². The van der Waals surface area contributed by atoms with Crippen LogP contribution in [0, 0.1) is 6.92 Å². The van der Waals surface area contributed by atoms with Crippen LogP contribution in [-0.2, 0) is 5.41 Å². The molecule has 1 heteroatoms. The van der Waals surface area contributed by atoms with Crippen LogP contribution >= 0.6 is 0 Å². The number of aliphatic hydroxyl groups excluding tert-OH is 1. The SMILES string of the molecule is Cc1ccc(C(C)(C)C[C@@H](C)O)cc1. The zero-order chi connectivity index (χ0) is 10.8. The standard InChI is InChI=1S/C13H20O/c1-10-5-7-12(8-6-10)13(3,4)9-11(2)14/h5-8,11,14H,9H2,1-4H3/t11-/m1/s1. The highest BCUT2D eigenvalue weighted by Gasteiger charge is 2.22. The fourth-order valence-corrected chi connectivity index (χ4v) is 1.86. The highest BCUT2D eigenvalue weighted by Crippen LogP contribution is 2.28. The van der Waals surface area contributed by atoms with Crippen LogP contribution in [0.25, 0.3) is 0 Å². The Bertz CT molecular complexity index is 283. The van der Waals surface area contributed by atoms with Crippen LogP contribution in [0.5, 0.6) is 0 Å². The van der Waals surface area contributed by atoms with Crippen LogP contribution in [0.15, 0.2) is 24.3 Å². The van der Waals surface area contributed by atoms with Crippen molar-refractivity contribution in [2.45, 2.75) is 45.6 Å². The molecule has 0 radical (unpaired) electrons. The summed E-state index contributed by atoms with van der Waals surface area (Å²) < 4.78 is 0. The molecule has 0 aliphatic heterocycles. The molecule has 1 aromatic rings. The molecular weight excluding hydrogens is 172 g/mol. The predicted octanol–water partition coefficient (Wildman–Crippen LogP) is 3.04. The fraction of sp³-hybridized carbons (Fsp3) is 0.538. The molecule has 0 fully saturated rings. The smallest absolute Gasteiger partial charge is 0.0520 e. The summed E-state index contributed by atoms with van der Waals surface area (Å²) in [6.45, 7) is 8.27. The van der Waals surface area contributed by atoms with Gasteiger partial charge < -0.3 is 5.11 Å². The highest BCUT2D eigenvalue weighted by atomic mass is 16.3. The summed E-state index contributed by atoms with van der Waals surface area (Å²) in [7, 11) is 0. The number of hydrogen-bond acceptors (Lipinski definition) is 1. The average Bonchev–Trinajstić information content (AvgIpc) is 2.02. The van der Waals surface area contributed by atoms with Gasteiger partial charge in [-0.25, -0.2) is 0 Å². The quantitative estimate of drug-likeness (QED) is 0.780. The molecular formula is C13H20O. The lowest BCUT2D eigenvalue weighted by Gasteiger charge is -2.26. The van der Waals surface area contributed by atoms with Gasteiger partial charge in [0.2, 0.25) is 0 Å². The minimum absolute atomic E-state index is 0.0574. The first-order valence-electron chi connectivity index (χ1n) is 5.17. The molecule has 1 rings (SSSR count). The number of benzene rings is 1. The van der Waals surface area contributed by atoms with E-state index < -0.39 is 0 Å². The van der Waals surface area contributed by atoms with Gasteiger partial charge in [-0.3, -0.25) is 0 Å². The van der Waals surface area contributed by atoms with Gasteiger partial charge in [0.25, 0.3) is 0 Å². The Kier molecular flexibility index (Phi) is 3.33. The normalized spacial score (nSPS) is 14.1. The van der Waals surface area contributed by atoms with E-state index in [2.05, 4.69) is 45.0 Å². The van der Waals surface area contributed by atoms with Crippen LogP contribution in [0.4, 0.5) is 0 Å². The molecule has 78 valence electrons.